The van der Waals surface area contributed by atoms with Crippen LogP contribution < -0.4 is 4.74 Å². The van der Waals surface area contributed by atoms with Gasteiger partial charge in [-0.25, -0.2) is 4.39 Å². The molecule has 2 atom stereocenters. The monoisotopic (exact) mass is 284 g/mol. The van der Waals surface area contributed by atoms with E-state index in [1.54, 1.807) is 26.2 Å². The maximum atomic E-state index is 13.3. The highest BCUT2D eigenvalue weighted by Crippen LogP contribution is 2.49. The third kappa shape index (κ3) is 2.68. The van der Waals surface area contributed by atoms with Crippen molar-refractivity contribution in [2.24, 2.45) is 5.92 Å². The van der Waals surface area contributed by atoms with Crippen molar-refractivity contribution in [3.8, 4) is 5.75 Å². The summed E-state index contributed by atoms with van der Waals surface area (Å²) in [5.74, 6) is 0.946. The molecule has 2 aromatic rings. The van der Waals surface area contributed by atoms with Crippen LogP contribution in [0.25, 0.3) is 0 Å². The van der Waals surface area contributed by atoms with Crippen LogP contribution in [0.1, 0.15) is 33.8 Å². The van der Waals surface area contributed by atoms with Crippen LogP contribution in [0, 0.1) is 18.7 Å². The summed E-state index contributed by atoms with van der Waals surface area (Å²) in [6.45, 7) is 1.68. The molecule has 3 heteroatoms. The fraction of sp³-hybridized carbons (Fsp3) is 0.278. The van der Waals surface area contributed by atoms with Crippen molar-refractivity contribution in [2.75, 3.05) is 7.11 Å². The number of rotatable bonds is 4. The molecule has 3 rings (SSSR count). The number of hydrogen-bond donors (Lipinski definition) is 0. The summed E-state index contributed by atoms with van der Waals surface area (Å²) in [6.07, 6.45) is 0.863. The third-order valence-corrected chi connectivity index (χ3v) is 4.11. The summed E-state index contributed by atoms with van der Waals surface area (Å²) in [5.41, 5.74) is 2.28. The zero-order valence-corrected chi connectivity index (χ0v) is 12.1. The van der Waals surface area contributed by atoms with E-state index in [0.717, 1.165) is 17.7 Å². The van der Waals surface area contributed by atoms with E-state index >= 15 is 0 Å². The molecule has 0 aliphatic heterocycles. The Labute approximate surface area is 123 Å². The predicted molar refractivity (Wildman–Crippen MR) is 79.3 cm³/mol. The summed E-state index contributed by atoms with van der Waals surface area (Å²) in [4.78, 5) is 12.4. The Bertz CT molecular complexity index is 676. The van der Waals surface area contributed by atoms with E-state index in [0.29, 0.717) is 11.1 Å². The fourth-order valence-electron chi connectivity index (χ4n) is 2.72. The van der Waals surface area contributed by atoms with Gasteiger partial charge in [0.1, 0.15) is 11.6 Å². The second-order valence-corrected chi connectivity index (χ2v) is 5.55. The van der Waals surface area contributed by atoms with Gasteiger partial charge < -0.3 is 4.74 Å². The van der Waals surface area contributed by atoms with Crippen LogP contribution in [0.5, 0.6) is 5.75 Å². The molecular formula is C18H17FO2. The first kappa shape index (κ1) is 13.8. The lowest BCUT2D eigenvalue weighted by Gasteiger charge is -2.04. The SMILES string of the molecule is COc1ccc(C2CC2C(=O)c2ccc(F)c(C)c2)cc1. The van der Waals surface area contributed by atoms with Gasteiger partial charge in [0.15, 0.2) is 5.78 Å². The molecule has 0 radical (unpaired) electrons. The molecule has 21 heavy (non-hydrogen) atoms. The van der Waals surface area contributed by atoms with Crippen molar-refractivity contribution in [3.05, 3.63) is 65.0 Å². The van der Waals surface area contributed by atoms with Gasteiger partial charge in [-0.2, -0.15) is 0 Å². The highest BCUT2D eigenvalue weighted by Gasteiger charge is 2.44. The van der Waals surface area contributed by atoms with Gasteiger partial charge in [0, 0.05) is 11.5 Å². The maximum absolute atomic E-state index is 13.3. The van der Waals surface area contributed by atoms with E-state index in [1.165, 1.54) is 6.07 Å². The Hall–Kier alpha value is -2.16. The van der Waals surface area contributed by atoms with Crippen LogP contribution in [0.2, 0.25) is 0 Å². The zero-order valence-electron chi connectivity index (χ0n) is 12.1. The predicted octanol–water partition coefficient (Wildman–Crippen LogP) is 4.13. The standard InChI is InChI=1S/C18H17FO2/c1-11-9-13(5-8-17(11)19)18(20)16-10-15(16)12-3-6-14(21-2)7-4-12/h3-9,15-16H,10H2,1-2H3. The minimum atomic E-state index is -0.269. The molecule has 2 nitrogen and oxygen atoms in total. The summed E-state index contributed by atoms with van der Waals surface area (Å²) >= 11 is 0. The molecular weight excluding hydrogens is 267 g/mol. The van der Waals surface area contributed by atoms with Crippen molar-refractivity contribution >= 4 is 5.78 Å². The highest BCUT2D eigenvalue weighted by atomic mass is 19.1. The topological polar surface area (TPSA) is 26.3 Å². The lowest BCUT2D eigenvalue weighted by molar-refractivity contribution is 0.0965. The lowest BCUT2D eigenvalue weighted by Crippen LogP contribution is -2.04. The van der Waals surface area contributed by atoms with E-state index in [4.69, 9.17) is 4.74 Å². The molecule has 108 valence electrons. The molecule has 0 saturated heterocycles. The molecule has 0 amide bonds. The lowest BCUT2D eigenvalue weighted by atomic mass is 10.0. The molecule has 1 aliphatic rings. The van der Waals surface area contributed by atoms with Crippen LogP contribution in [-0.4, -0.2) is 12.9 Å². The van der Waals surface area contributed by atoms with E-state index in [-0.39, 0.29) is 23.4 Å². The van der Waals surface area contributed by atoms with Gasteiger partial charge in [-0.15, -0.1) is 0 Å². The van der Waals surface area contributed by atoms with Crippen molar-refractivity contribution in [2.45, 2.75) is 19.3 Å². The van der Waals surface area contributed by atoms with Crippen LogP contribution >= 0.6 is 0 Å². The number of halogens is 1. The molecule has 0 spiro atoms. The number of hydrogen-bond acceptors (Lipinski definition) is 2. The van der Waals surface area contributed by atoms with Gasteiger partial charge in [0.05, 0.1) is 7.11 Å². The van der Waals surface area contributed by atoms with Crippen molar-refractivity contribution < 1.29 is 13.9 Å². The first-order valence-electron chi connectivity index (χ1n) is 7.04. The van der Waals surface area contributed by atoms with Crippen molar-refractivity contribution in [1.29, 1.82) is 0 Å². The van der Waals surface area contributed by atoms with Gasteiger partial charge in [0.25, 0.3) is 0 Å². The second-order valence-electron chi connectivity index (χ2n) is 5.55. The molecule has 2 unspecified atom stereocenters. The number of ketones is 1. The Morgan fingerprint density at radius 3 is 2.52 bits per heavy atom. The Morgan fingerprint density at radius 1 is 1.19 bits per heavy atom. The average Bonchev–Trinajstić information content (AvgIpc) is 3.30. The smallest absolute Gasteiger partial charge is 0.166 e. The van der Waals surface area contributed by atoms with E-state index < -0.39 is 0 Å². The maximum Gasteiger partial charge on any atom is 0.166 e. The first-order chi connectivity index (χ1) is 10.1. The van der Waals surface area contributed by atoms with Crippen LogP contribution in [-0.2, 0) is 0 Å². The first-order valence-corrected chi connectivity index (χ1v) is 7.04. The molecule has 0 aromatic heterocycles. The van der Waals surface area contributed by atoms with E-state index in [2.05, 4.69) is 0 Å². The molecule has 0 heterocycles. The molecule has 1 fully saturated rings. The van der Waals surface area contributed by atoms with Gasteiger partial charge in [-0.05, 0) is 60.7 Å². The number of ether oxygens (including phenoxy) is 1. The number of carbonyl (C=O) groups is 1. The minimum Gasteiger partial charge on any atom is -0.497 e. The number of Topliss-reactive ketones (excluding diaryl/α,β-unsaturated/α-hetero) is 1. The summed E-state index contributed by atoms with van der Waals surface area (Å²) in [7, 11) is 1.63. The third-order valence-electron chi connectivity index (χ3n) is 4.11. The van der Waals surface area contributed by atoms with Gasteiger partial charge in [0.2, 0.25) is 0 Å². The largest absolute Gasteiger partial charge is 0.497 e. The summed E-state index contributed by atoms with van der Waals surface area (Å²) in [5, 5.41) is 0. The highest BCUT2D eigenvalue weighted by molar-refractivity contribution is 6.00. The molecule has 1 aliphatic carbocycles. The summed E-state index contributed by atoms with van der Waals surface area (Å²) in [6, 6.07) is 12.4. The van der Waals surface area contributed by atoms with Gasteiger partial charge in [-0.1, -0.05) is 12.1 Å². The van der Waals surface area contributed by atoms with Gasteiger partial charge in [-0.3, -0.25) is 4.79 Å². The van der Waals surface area contributed by atoms with Crippen LogP contribution in [0.3, 0.4) is 0 Å². The van der Waals surface area contributed by atoms with Crippen LogP contribution in [0.4, 0.5) is 4.39 Å². The molecule has 0 N–H and O–H groups in total. The van der Waals surface area contributed by atoms with E-state index in [1.807, 2.05) is 24.3 Å². The number of aryl methyl sites for hydroxylation is 1. The zero-order chi connectivity index (χ0) is 15.0. The van der Waals surface area contributed by atoms with Crippen LogP contribution in [0.15, 0.2) is 42.5 Å². The average molecular weight is 284 g/mol. The fourth-order valence-corrected chi connectivity index (χ4v) is 2.72. The minimum absolute atomic E-state index is 0.0169. The van der Waals surface area contributed by atoms with Crippen molar-refractivity contribution in [3.63, 3.8) is 0 Å². The normalized spacial score (nSPS) is 20.1. The Kier molecular flexibility index (Phi) is 3.50. The second kappa shape index (κ2) is 5.32. The quantitative estimate of drug-likeness (QED) is 0.789. The number of methoxy groups -OCH3 is 1. The number of carbonyl (C=O) groups excluding carboxylic acids is 1. The molecule has 0 bridgehead atoms. The molecule has 2 aromatic carbocycles. The Balaban J connectivity index is 1.74. The van der Waals surface area contributed by atoms with Crippen molar-refractivity contribution in [1.82, 2.24) is 0 Å². The Morgan fingerprint density at radius 2 is 1.90 bits per heavy atom. The van der Waals surface area contributed by atoms with E-state index in [9.17, 15) is 9.18 Å². The number of benzene rings is 2. The molecule has 1 saturated carbocycles. The van der Waals surface area contributed by atoms with Gasteiger partial charge >= 0.3 is 0 Å². The summed E-state index contributed by atoms with van der Waals surface area (Å²) < 4.78 is 18.4.